The van der Waals surface area contributed by atoms with Crippen molar-refractivity contribution in [3.63, 3.8) is 0 Å². The van der Waals surface area contributed by atoms with Crippen molar-refractivity contribution in [2.75, 3.05) is 7.11 Å². The van der Waals surface area contributed by atoms with Crippen LogP contribution in [0, 0.1) is 0 Å². The Balaban J connectivity index is 2.20. The van der Waals surface area contributed by atoms with Crippen LogP contribution in [-0.4, -0.2) is 7.11 Å². The Morgan fingerprint density at radius 3 is 2.93 bits per heavy atom. The lowest BCUT2D eigenvalue weighted by molar-refractivity contribution is 0.414. The van der Waals surface area contributed by atoms with E-state index >= 15 is 0 Å². The van der Waals surface area contributed by atoms with Gasteiger partial charge in [-0.05, 0) is 37.0 Å². The molecule has 2 nitrogen and oxygen atoms in total. The lowest BCUT2D eigenvalue weighted by atomic mass is 9.99. The Morgan fingerprint density at radius 2 is 2.27 bits per heavy atom. The highest BCUT2D eigenvalue weighted by Gasteiger charge is 2.14. The van der Waals surface area contributed by atoms with Gasteiger partial charge in [-0.15, -0.1) is 0 Å². The number of rotatable bonds is 3. The molecular formula is C13H17NO. The van der Waals surface area contributed by atoms with Gasteiger partial charge in [0.05, 0.1) is 13.2 Å². The number of methoxy groups -OCH3 is 1. The fourth-order valence-corrected chi connectivity index (χ4v) is 2.03. The van der Waals surface area contributed by atoms with E-state index < -0.39 is 0 Å². The van der Waals surface area contributed by atoms with Crippen LogP contribution < -0.4 is 10.5 Å². The van der Waals surface area contributed by atoms with E-state index in [1.54, 1.807) is 7.11 Å². The first kappa shape index (κ1) is 10.2. The van der Waals surface area contributed by atoms with Gasteiger partial charge in [0.2, 0.25) is 0 Å². The van der Waals surface area contributed by atoms with E-state index in [2.05, 4.69) is 12.1 Å². The number of benzene rings is 1. The lowest BCUT2D eigenvalue weighted by Gasteiger charge is -2.14. The zero-order chi connectivity index (χ0) is 10.7. The zero-order valence-corrected chi connectivity index (χ0v) is 9.07. The molecule has 0 heterocycles. The minimum Gasteiger partial charge on any atom is -0.497 e. The molecule has 1 aliphatic rings. The van der Waals surface area contributed by atoms with Crippen molar-refractivity contribution in [1.29, 1.82) is 0 Å². The second-order valence-electron chi connectivity index (χ2n) is 3.93. The third kappa shape index (κ3) is 2.21. The quantitative estimate of drug-likeness (QED) is 0.767. The Bertz CT molecular complexity index is 371. The summed E-state index contributed by atoms with van der Waals surface area (Å²) in [6, 6.07) is 8.06. The summed E-state index contributed by atoms with van der Waals surface area (Å²) in [4.78, 5) is 0. The molecule has 15 heavy (non-hydrogen) atoms. The van der Waals surface area contributed by atoms with Crippen LogP contribution >= 0.6 is 0 Å². The van der Waals surface area contributed by atoms with Crippen LogP contribution in [0.5, 0.6) is 5.75 Å². The molecule has 0 bridgehead atoms. The highest BCUT2D eigenvalue weighted by atomic mass is 16.5. The average molecular weight is 203 g/mol. The largest absolute Gasteiger partial charge is 0.497 e. The van der Waals surface area contributed by atoms with E-state index in [1.807, 2.05) is 18.2 Å². The van der Waals surface area contributed by atoms with Crippen molar-refractivity contribution in [2.45, 2.75) is 25.3 Å². The van der Waals surface area contributed by atoms with Crippen molar-refractivity contribution >= 4 is 0 Å². The second kappa shape index (κ2) is 4.49. The van der Waals surface area contributed by atoms with Gasteiger partial charge in [-0.1, -0.05) is 23.8 Å². The number of allylic oxidation sites excluding steroid dienone is 1. The zero-order valence-electron chi connectivity index (χ0n) is 9.07. The topological polar surface area (TPSA) is 35.2 Å². The predicted octanol–water partition coefficient (Wildman–Crippen LogP) is 2.81. The second-order valence-corrected chi connectivity index (χ2v) is 3.93. The van der Waals surface area contributed by atoms with Crippen LogP contribution in [0.15, 0.2) is 35.9 Å². The minimum absolute atomic E-state index is 0.0441. The van der Waals surface area contributed by atoms with Crippen LogP contribution in [0.2, 0.25) is 0 Å². The first-order chi connectivity index (χ1) is 7.31. The van der Waals surface area contributed by atoms with E-state index in [-0.39, 0.29) is 6.04 Å². The maximum atomic E-state index is 6.20. The van der Waals surface area contributed by atoms with Gasteiger partial charge in [-0.25, -0.2) is 0 Å². The van der Waals surface area contributed by atoms with Gasteiger partial charge in [0, 0.05) is 0 Å². The Kier molecular flexibility index (Phi) is 3.07. The minimum atomic E-state index is 0.0441. The van der Waals surface area contributed by atoms with E-state index in [9.17, 15) is 0 Å². The first-order valence-electron chi connectivity index (χ1n) is 5.39. The van der Waals surface area contributed by atoms with Crippen LogP contribution in [0.3, 0.4) is 0 Å². The molecule has 0 fully saturated rings. The standard InChI is InChI=1S/C13H17NO/c1-15-12-8-4-7-11(9-12)13(14)10-5-2-3-6-10/h4-5,7-9,13H,2-3,6,14H2,1H3. The van der Waals surface area contributed by atoms with Crippen LogP contribution in [0.25, 0.3) is 0 Å². The van der Waals surface area contributed by atoms with Gasteiger partial charge in [0.15, 0.2) is 0 Å². The molecule has 1 unspecified atom stereocenters. The van der Waals surface area contributed by atoms with Gasteiger partial charge < -0.3 is 10.5 Å². The van der Waals surface area contributed by atoms with Crippen LogP contribution in [0.1, 0.15) is 30.9 Å². The fourth-order valence-electron chi connectivity index (χ4n) is 2.03. The lowest BCUT2D eigenvalue weighted by Crippen LogP contribution is -2.12. The molecule has 0 spiro atoms. The average Bonchev–Trinajstić information content (AvgIpc) is 2.81. The molecule has 1 aliphatic carbocycles. The van der Waals surface area contributed by atoms with Crippen molar-refractivity contribution in [2.24, 2.45) is 5.73 Å². The van der Waals surface area contributed by atoms with E-state index in [4.69, 9.17) is 10.5 Å². The smallest absolute Gasteiger partial charge is 0.119 e. The summed E-state index contributed by atoms with van der Waals surface area (Å²) in [6.07, 6.45) is 5.82. The predicted molar refractivity (Wildman–Crippen MR) is 61.9 cm³/mol. The van der Waals surface area contributed by atoms with Gasteiger partial charge >= 0.3 is 0 Å². The molecule has 0 radical (unpaired) electrons. The summed E-state index contributed by atoms with van der Waals surface area (Å²) in [5, 5.41) is 0. The van der Waals surface area contributed by atoms with Crippen molar-refractivity contribution < 1.29 is 4.74 Å². The van der Waals surface area contributed by atoms with Crippen molar-refractivity contribution in [3.8, 4) is 5.75 Å². The first-order valence-corrected chi connectivity index (χ1v) is 5.39. The third-order valence-electron chi connectivity index (χ3n) is 2.93. The Morgan fingerprint density at radius 1 is 1.40 bits per heavy atom. The van der Waals surface area contributed by atoms with Gasteiger partial charge in [-0.3, -0.25) is 0 Å². The summed E-state index contributed by atoms with van der Waals surface area (Å²) < 4.78 is 5.19. The maximum absolute atomic E-state index is 6.20. The molecule has 0 amide bonds. The molecule has 1 aromatic rings. The molecule has 2 N–H and O–H groups in total. The van der Waals surface area contributed by atoms with E-state index in [0.717, 1.165) is 17.7 Å². The molecule has 80 valence electrons. The third-order valence-corrected chi connectivity index (χ3v) is 2.93. The fraction of sp³-hybridized carbons (Fsp3) is 0.385. The van der Waals surface area contributed by atoms with Gasteiger partial charge in [0.1, 0.15) is 5.75 Å². The highest BCUT2D eigenvalue weighted by molar-refractivity contribution is 5.35. The summed E-state index contributed by atoms with van der Waals surface area (Å²) >= 11 is 0. The van der Waals surface area contributed by atoms with Crippen LogP contribution in [-0.2, 0) is 0 Å². The molecule has 1 aromatic carbocycles. The molecule has 0 aliphatic heterocycles. The maximum Gasteiger partial charge on any atom is 0.119 e. The summed E-state index contributed by atoms with van der Waals surface area (Å²) in [5.41, 5.74) is 8.71. The number of ether oxygens (including phenoxy) is 1. The van der Waals surface area contributed by atoms with Crippen LogP contribution in [0.4, 0.5) is 0 Å². The summed E-state index contributed by atoms with van der Waals surface area (Å²) in [6.45, 7) is 0. The van der Waals surface area contributed by atoms with Crippen molar-refractivity contribution in [1.82, 2.24) is 0 Å². The number of hydrogen-bond donors (Lipinski definition) is 1. The number of nitrogens with two attached hydrogens (primary N) is 1. The van der Waals surface area contributed by atoms with Crippen molar-refractivity contribution in [3.05, 3.63) is 41.5 Å². The summed E-state index contributed by atoms with van der Waals surface area (Å²) in [5.74, 6) is 0.876. The molecule has 2 heteroatoms. The Hall–Kier alpha value is -1.28. The molecular weight excluding hydrogens is 186 g/mol. The molecule has 2 rings (SSSR count). The Labute approximate surface area is 90.7 Å². The van der Waals surface area contributed by atoms with E-state index in [0.29, 0.717) is 0 Å². The number of hydrogen-bond acceptors (Lipinski definition) is 2. The SMILES string of the molecule is COc1cccc(C(N)C2=CCCC2)c1. The molecule has 0 aromatic heterocycles. The highest BCUT2D eigenvalue weighted by Crippen LogP contribution is 2.29. The molecule has 0 saturated heterocycles. The normalized spacial score (nSPS) is 17.3. The van der Waals surface area contributed by atoms with Gasteiger partial charge in [0.25, 0.3) is 0 Å². The van der Waals surface area contributed by atoms with Gasteiger partial charge in [-0.2, -0.15) is 0 Å². The monoisotopic (exact) mass is 203 g/mol. The van der Waals surface area contributed by atoms with E-state index in [1.165, 1.54) is 18.4 Å². The molecule has 0 saturated carbocycles. The summed E-state index contributed by atoms with van der Waals surface area (Å²) in [7, 11) is 1.68. The molecule has 1 atom stereocenters.